The number of hydrogen-bond acceptors (Lipinski definition) is 4. The van der Waals surface area contributed by atoms with Crippen molar-refractivity contribution in [1.29, 1.82) is 0 Å². The molecule has 1 amide bonds. The number of carbonyl (C=O) groups excluding carboxylic acids is 1. The molecule has 0 saturated heterocycles. The highest BCUT2D eigenvalue weighted by atomic mass is 16.3. The Morgan fingerprint density at radius 2 is 2.05 bits per heavy atom. The van der Waals surface area contributed by atoms with Gasteiger partial charge >= 0.3 is 0 Å². The lowest BCUT2D eigenvalue weighted by molar-refractivity contribution is 0.102. The van der Waals surface area contributed by atoms with Gasteiger partial charge in [-0.3, -0.25) is 9.59 Å². The van der Waals surface area contributed by atoms with Crippen LogP contribution in [0.25, 0.3) is 11.1 Å². The molecule has 2 heterocycles. The molecule has 0 radical (unpaired) electrons. The first-order valence-corrected chi connectivity index (χ1v) is 6.22. The average molecular weight is 281 g/mol. The van der Waals surface area contributed by atoms with Crippen LogP contribution in [0.3, 0.4) is 0 Å². The number of H-pyrrole nitrogens is 1. The minimum absolute atomic E-state index is 0.285. The summed E-state index contributed by atoms with van der Waals surface area (Å²) in [6.45, 7) is 0. The smallest absolute Gasteiger partial charge is 0.264 e. The van der Waals surface area contributed by atoms with E-state index in [0.29, 0.717) is 5.56 Å². The SMILES string of the molecule is O=C(Nc1ccc(=O)[nH]n1)c1cccc(-c2ccoc2)c1. The number of rotatable bonds is 3. The molecule has 6 heteroatoms. The summed E-state index contributed by atoms with van der Waals surface area (Å²) in [7, 11) is 0. The van der Waals surface area contributed by atoms with Crippen molar-refractivity contribution in [2.24, 2.45) is 0 Å². The Morgan fingerprint density at radius 3 is 2.76 bits per heavy atom. The zero-order valence-corrected chi connectivity index (χ0v) is 10.9. The lowest BCUT2D eigenvalue weighted by atomic mass is 10.1. The van der Waals surface area contributed by atoms with E-state index in [9.17, 15) is 9.59 Å². The van der Waals surface area contributed by atoms with Gasteiger partial charge in [-0.15, -0.1) is 0 Å². The lowest BCUT2D eigenvalue weighted by Gasteiger charge is -2.05. The van der Waals surface area contributed by atoms with E-state index in [1.165, 1.54) is 12.1 Å². The minimum Gasteiger partial charge on any atom is -0.472 e. The summed E-state index contributed by atoms with van der Waals surface area (Å²) in [6, 6.07) is 11.7. The van der Waals surface area contributed by atoms with Gasteiger partial charge in [-0.1, -0.05) is 12.1 Å². The number of carbonyl (C=O) groups is 1. The minimum atomic E-state index is -0.324. The number of nitrogens with one attached hydrogen (secondary N) is 2. The number of nitrogens with zero attached hydrogens (tertiary/aromatic N) is 1. The van der Waals surface area contributed by atoms with Gasteiger partial charge in [0.2, 0.25) is 0 Å². The molecule has 0 aliphatic rings. The van der Waals surface area contributed by atoms with E-state index < -0.39 is 0 Å². The van der Waals surface area contributed by atoms with Crippen LogP contribution in [0.4, 0.5) is 5.82 Å². The van der Waals surface area contributed by atoms with Gasteiger partial charge in [0.1, 0.15) is 0 Å². The first-order chi connectivity index (χ1) is 10.2. The third-order valence-corrected chi connectivity index (χ3v) is 2.90. The number of amides is 1. The molecule has 21 heavy (non-hydrogen) atoms. The molecule has 0 atom stereocenters. The van der Waals surface area contributed by atoms with Gasteiger partial charge in [-0.05, 0) is 29.8 Å². The summed E-state index contributed by atoms with van der Waals surface area (Å²) in [5, 5.41) is 8.60. The number of anilines is 1. The standard InChI is InChI=1S/C15H11N3O3/c19-14-5-4-13(17-18-14)16-15(20)11-3-1-2-10(8-11)12-6-7-21-9-12/h1-9H,(H,18,19)(H,16,17,20). The molecular formula is C15H11N3O3. The van der Waals surface area contributed by atoms with Gasteiger partial charge in [0.05, 0.1) is 12.5 Å². The van der Waals surface area contributed by atoms with Crippen molar-refractivity contribution in [3.63, 3.8) is 0 Å². The Bertz CT molecular complexity index is 802. The third kappa shape index (κ3) is 2.89. The van der Waals surface area contributed by atoms with E-state index >= 15 is 0 Å². The summed E-state index contributed by atoms with van der Waals surface area (Å²) < 4.78 is 5.03. The predicted octanol–water partition coefficient (Wildman–Crippen LogP) is 2.28. The highest BCUT2D eigenvalue weighted by Crippen LogP contribution is 2.21. The third-order valence-electron chi connectivity index (χ3n) is 2.90. The molecule has 0 unspecified atom stereocenters. The normalized spacial score (nSPS) is 10.3. The molecule has 0 fully saturated rings. The van der Waals surface area contributed by atoms with E-state index in [1.54, 1.807) is 30.7 Å². The van der Waals surface area contributed by atoms with Crippen molar-refractivity contribution in [2.75, 3.05) is 5.32 Å². The zero-order chi connectivity index (χ0) is 14.7. The second kappa shape index (κ2) is 5.46. The topological polar surface area (TPSA) is 88.0 Å². The van der Waals surface area contributed by atoms with Crippen molar-refractivity contribution in [1.82, 2.24) is 10.2 Å². The molecule has 3 aromatic rings. The molecule has 1 aromatic carbocycles. The number of aromatic nitrogens is 2. The fourth-order valence-corrected chi connectivity index (χ4v) is 1.87. The second-order valence-corrected chi connectivity index (χ2v) is 4.35. The maximum Gasteiger partial charge on any atom is 0.264 e. The molecule has 104 valence electrons. The molecule has 0 aliphatic heterocycles. The van der Waals surface area contributed by atoms with Crippen LogP contribution >= 0.6 is 0 Å². The van der Waals surface area contributed by atoms with Crippen molar-refractivity contribution < 1.29 is 9.21 Å². The molecule has 0 bridgehead atoms. The van der Waals surface area contributed by atoms with Gasteiger partial charge in [-0.2, -0.15) is 5.10 Å². The van der Waals surface area contributed by atoms with Crippen LogP contribution in [-0.2, 0) is 0 Å². The average Bonchev–Trinajstić information content (AvgIpc) is 3.04. The molecule has 0 spiro atoms. The van der Waals surface area contributed by atoms with Crippen molar-refractivity contribution in [3.8, 4) is 11.1 Å². The van der Waals surface area contributed by atoms with Crippen molar-refractivity contribution >= 4 is 11.7 Å². The maximum atomic E-state index is 12.2. The van der Waals surface area contributed by atoms with Gasteiger partial charge in [-0.25, -0.2) is 5.10 Å². The summed E-state index contributed by atoms with van der Waals surface area (Å²) in [5.74, 6) is -0.0202. The van der Waals surface area contributed by atoms with Gasteiger partial charge in [0.15, 0.2) is 5.82 Å². The quantitative estimate of drug-likeness (QED) is 0.771. The summed E-state index contributed by atoms with van der Waals surface area (Å²) >= 11 is 0. The molecular weight excluding hydrogens is 270 g/mol. The van der Waals surface area contributed by atoms with Gasteiger partial charge in [0, 0.05) is 17.2 Å². The molecule has 3 rings (SSSR count). The lowest BCUT2D eigenvalue weighted by Crippen LogP contribution is -2.15. The summed E-state index contributed by atoms with van der Waals surface area (Å²) in [5.41, 5.74) is 1.94. The predicted molar refractivity (Wildman–Crippen MR) is 77.0 cm³/mol. The van der Waals surface area contributed by atoms with Crippen LogP contribution in [0, 0.1) is 0 Å². The highest BCUT2D eigenvalue weighted by molar-refractivity contribution is 6.04. The Kier molecular flexibility index (Phi) is 3.34. The zero-order valence-electron chi connectivity index (χ0n) is 10.9. The first-order valence-electron chi connectivity index (χ1n) is 6.22. The molecule has 6 nitrogen and oxygen atoms in total. The van der Waals surface area contributed by atoms with Crippen LogP contribution in [0.15, 0.2) is 64.2 Å². The van der Waals surface area contributed by atoms with E-state index in [1.807, 2.05) is 12.1 Å². The second-order valence-electron chi connectivity index (χ2n) is 4.35. The number of hydrogen-bond donors (Lipinski definition) is 2. The first kappa shape index (κ1) is 12.9. The maximum absolute atomic E-state index is 12.2. The number of furan rings is 1. The van der Waals surface area contributed by atoms with Crippen LogP contribution < -0.4 is 10.9 Å². The van der Waals surface area contributed by atoms with Gasteiger partial charge in [0.25, 0.3) is 11.5 Å². The highest BCUT2D eigenvalue weighted by Gasteiger charge is 2.08. The Morgan fingerprint density at radius 1 is 1.14 bits per heavy atom. The summed E-state index contributed by atoms with van der Waals surface area (Å²) in [4.78, 5) is 23.1. The van der Waals surface area contributed by atoms with Crippen molar-refractivity contribution in [3.05, 3.63) is 70.9 Å². The van der Waals surface area contributed by atoms with E-state index in [2.05, 4.69) is 15.5 Å². The molecule has 0 saturated carbocycles. The monoisotopic (exact) mass is 281 g/mol. The Labute approximate surface area is 119 Å². The van der Waals surface area contributed by atoms with E-state index in [-0.39, 0.29) is 17.3 Å². The molecule has 2 N–H and O–H groups in total. The fraction of sp³-hybridized carbons (Fsp3) is 0. The van der Waals surface area contributed by atoms with Crippen LogP contribution in [0.1, 0.15) is 10.4 Å². The number of benzene rings is 1. The van der Waals surface area contributed by atoms with Crippen molar-refractivity contribution in [2.45, 2.75) is 0 Å². The Hall–Kier alpha value is -3.15. The molecule has 2 aromatic heterocycles. The van der Waals surface area contributed by atoms with E-state index in [0.717, 1.165) is 11.1 Å². The van der Waals surface area contributed by atoms with Gasteiger partial charge < -0.3 is 9.73 Å². The van der Waals surface area contributed by atoms with Crippen LogP contribution in [-0.4, -0.2) is 16.1 Å². The largest absolute Gasteiger partial charge is 0.472 e. The van der Waals surface area contributed by atoms with Crippen LogP contribution in [0.5, 0.6) is 0 Å². The Balaban J connectivity index is 1.83. The fourth-order valence-electron chi connectivity index (χ4n) is 1.87. The summed E-state index contributed by atoms with van der Waals surface area (Å²) in [6.07, 6.45) is 3.19. The molecule has 0 aliphatic carbocycles. The van der Waals surface area contributed by atoms with Crippen LogP contribution in [0.2, 0.25) is 0 Å². The number of aromatic amines is 1. The van der Waals surface area contributed by atoms with E-state index in [4.69, 9.17) is 4.42 Å².